The van der Waals surface area contributed by atoms with E-state index in [4.69, 9.17) is 4.74 Å². The summed E-state index contributed by atoms with van der Waals surface area (Å²) >= 11 is 4.70. The summed E-state index contributed by atoms with van der Waals surface area (Å²) in [5.74, 6) is -0.542. The molecular weight excluding hydrogens is 430 g/mol. The molecule has 0 fully saturated rings. The number of ketones is 1. The molecular formula is C20H18BrNO4S. The summed E-state index contributed by atoms with van der Waals surface area (Å²) in [4.78, 5) is 28.9. The Morgan fingerprint density at radius 1 is 1.33 bits per heavy atom. The number of esters is 1. The summed E-state index contributed by atoms with van der Waals surface area (Å²) in [6.07, 6.45) is 2.86. The molecule has 0 saturated heterocycles. The Morgan fingerprint density at radius 2 is 2.07 bits per heavy atom. The highest BCUT2D eigenvalue weighted by molar-refractivity contribution is 9.10. The first-order valence-electron chi connectivity index (χ1n) is 8.55. The number of hydrogen-bond donors (Lipinski definition) is 1. The van der Waals surface area contributed by atoms with Gasteiger partial charge in [0.15, 0.2) is 5.78 Å². The number of aliphatic hydroxyl groups excluding tert-OH is 1. The predicted octanol–water partition coefficient (Wildman–Crippen LogP) is 5.62. The molecule has 1 aliphatic carbocycles. The first kappa shape index (κ1) is 19.5. The molecule has 0 aliphatic heterocycles. The molecule has 0 radical (unpaired) electrons. The van der Waals surface area contributed by atoms with Gasteiger partial charge in [-0.3, -0.25) is 4.79 Å². The standard InChI is InChI=1S/C20H18BrNO4S/c1-2-26-20(25)18-15(12-6-8-13(21)9-7-12)11-27-19(18)22-10-14-16(23)4-3-5-17(14)24/h6-11,23H,2-5H2,1H3. The van der Waals surface area contributed by atoms with Gasteiger partial charge in [0.2, 0.25) is 0 Å². The molecule has 5 nitrogen and oxygen atoms in total. The maximum atomic E-state index is 12.5. The predicted molar refractivity (Wildman–Crippen MR) is 110 cm³/mol. The van der Waals surface area contributed by atoms with E-state index in [1.807, 2.05) is 29.6 Å². The number of carbonyl (C=O) groups is 2. The third-order valence-corrected chi connectivity index (χ3v) is 5.56. The minimum atomic E-state index is -0.461. The number of carbonyl (C=O) groups excluding carboxylic acids is 2. The Kier molecular flexibility index (Phi) is 6.23. The second-order valence-corrected chi connectivity index (χ2v) is 7.73. The Morgan fingerprint density at radius 3 is 2.74 bits per heavy atom. The van der Waals surface area contributed by atoms with Crippen LogP contribution in [-0.4, -0.2) is 29.7 Å². The van der Waals surface area contributed by atoms with Gasteiger partial charge in [-0.2, -0.15) is 0 Å². The van der Waals surface area contributed by atoms with Gasteiger partial charge >= 0.3 is 5.97 Å². The second kappa shape index (κ2) is 8.63. The van der Waals surface area contributed by atoms with E-state index in [0.717, 1.165) is 15.6 Å². The molecule has 3 rings (SSSR count). The smallest absolute Gasteiger partial charge is 0.341 e. The second-order valence-electron chi connectivity index (χ2n) is 5.95. The monoisotopic (exact) mass is 447 g/mol. The highest BCUT2D eigenvalue weighted by atomic mass is 79.9. The SMILES string of the molecule is CCOC(=O)c1c(-c2ccc(Br)cc2)csc1N=CC1=C(O)CCCC1=O. The van der Waals surface area contributed by atoms with E-state index < -0.39 is 5.97 Å². The molecule has 1 aromatic heterocycles. The van der Waals surface area contributed by atoms with Crippen LogP contribution in [0.3, 0.4) is 0 Å². The van der Waals surface area contributed by atoms with Crippen LogP contribution >= 0.6 is 27.3 Å². The minimum Gasteiger partial charge on any atom is -0.512 e. The van der Waals surface area contributed by atoms with Crippen molar-refractivity contribution in [2.24, 2.45) is 4.99 Å². The van der Waals surface area contributed by atoms with Crippen molar-refractivity contribution in [3.63, 3.8) is 0 Å². The number of allylic oxidation sites excluding steroid dienone is 2. The lowest BCUT2D eigenvalue weighted by Gasteiger charge is -2.11. The van der Waals surface area contributed by atoms with E-state index in [2.05, 4.69) is 20.9 Å². The lowest BCUT2D eigenvalue weighted by molar-refractivity contribution is -0.115. The molecule has 0 atom stereocenters. The number of ether oxygens (including phenoxy) is 1. The Labute approximate surface area is 169 Å². The quantitative estimate of drug-likeness (QED) is 0.476. The molecule has 1 aromatic carbocycles. The van der Waals surface area contributed by atoms with Gasteiger partial charge in [-0.05, 0) is 31.0 Å². The van der Waals surface area contributed by atoms with E-state index in [-0.39, 0.29) is 23.7 Å². The number of benzene rings is 1. The van der Waals surface area contributed by atoms with Crippen LogP contribution in [-0.2, 0) is 9.53 Å². The number of hydrogen-bond acceptors (Lipinski definition) is 6. The zero-order valence-corrected chi connectivity index (χ0v) is 17.1. The molecule has 0 spiro atoms. The summed E-state index contributed by atoms with van der Waals surface area (Å²) in [6.45, 7) is 2.00. The summed E-state index contributed by atoms with van der Waals surface area (Å²) in [5.41, 5.74) is 2.18. The fourth-order valence-corrected chi connectivity index (χ4v) is 3.97. The molecule has 0 unspecified atom stereocenters. The Balaban J connectivity index is 2.02. The number of aliphatic imine (C=N–C) groups is 1. The number of rotatable bonds is 5. The van der Waals surface area contributed by atoms with E-state index >= 15 is 0 Å². The van der Waals surface area contributed by atoms with Crippen molar-refractivity contribution in [2.75, 3.05) is 6.61 Å². The van der Waals surface area contributed by atoms with E-state index in [1.165, 1.54) is 17.6 Å². The number of Topliss-reactive ketones (excluding diaryl/α,β-unsaturated/α-hetero) is 1. The maximum Gasteiger partial charge on any atom is 0.341 e. The Bertz CT molecular complexity index is 928. The molecule has 0 bridgehead atoms. The van der Waals surface area contributed by atoms with Crippen LogP contribution in [0.1, 0.15) is 36.5 Å². The average Bonchev–Trinajstić information content (AvgIpc) is 3.06. The zero-order valence-electron chi connectivity index (χ0n) is 14.7. The van der Waals surface area contributed by atoms with Gasteiger partial charge in [0.05, 0.1) is 12.2 Å². The number of aliphatic hydroxyl groups is 1. The third-order valence-electron chi connectivity index (χ3n) is 4.15. The molecule has 1 aliphatic rings. The minimum absolute atomic E-state index is 0.0531. The Hall–Kier alpha value is -2.25. The van der Waals surface area contributed by atoms with Crippen molar-refractivity contribution in [2.45, 2.75) is 26.2 Å². The topological polar surface area (TPSA) is 76.0 Å². The van der Waals surface area contributed by atoms with Crippen LogP contribution in [0.25, 0.3) is 11.1 Å². The van der Waals surface area contributed by atoms with Gasteiger partial charge < -0.3 is 9.84 Å². The molecule has 7 heteroatoms. The molecule has 1 N–H and O–H groups in total. The van der Waals surface area contributed by atoms with Crippen molar-refractivity contribution in [1.82, 2.24) is 0 Å². The van der Waals surface area contributed by atoms with Crippen molar-refractivity contribution in [1.29, 1.82) is 0 Å². The first-order valence-corrected chi connectivity index (χ1v) is 10.2. The van der Waals surface area contributed by atoms with Gasteiger partial charge in [0, 0.05) is 34.5 Å². The molecule has 27 heavy (non-hydrogen) atoms. The van der Waals surface area contributed by atoms with Crippen molar-refractivity contribution >= 4 is 50.2 Å². The van der Waals surface area contributed by atoms with Gasteiger partial charge in [-0.25, -0.2) is 9.79 Å². The van der Waals surface area contributed by atoms with E-state index in [0.29, 0.717) is 29.8 Å². The van der Waals surface area contributed by atoms with Crippen LogP contribution in [0.2, 0.25) is 0 Å². The van der Waals surface area contributed by atoms with Crippen LogP contribution in [0.15, 0.2) is 50.4 Å². The normalized spacial score (nSPS) is 14.8. The molecule has 2 aromatic rings. The molecule has 0 saturated carbocycles. The van der Waals surface area contributed by atoms with Crippen molar-refractivity contribution in [3.8, 4) is 11.1 Å². The largest absolute Gasteiger partial charge is 0.512 e. The first-order chi connectivity index (χ1) is 13.0. The number of halogens is 1. The van der Waals surface area contributed by atoms with Crippen LogP contribution in [0, 0.1) is 0 Å². The molecule has 140 valence electrons. The fourth-order valence-electron chi connectivity index (χ4n) is 2.80. The van der Waals surface area contributed by atoms with Gasteiger partial charge in [-0.15, -0.1) is 11.3 Å². The summed E-state index contributed by atoms with van der Waals surface area (Å²) in [6, 6.07) is 7.60. The number of nitrogens with zero attached hydrogens (tertiary/aromatic N) is 1. The van der Waals surface area contributed by atoms with Crippen LogP contribution in [0.4, 0.5) is 5.00 Å². The maximum absolute atomic E-state index is 12.5. The highest BCUT2D eigenvalue weighted by Gasteiger charge is 2.22. The zero-order chi connectivity index (χ0) is 19.4. The van der Waals surface area contributed by atoms with E-state index in [1.54, 1.807) is 6.92 Å². The molecule has 0 amide bonds. The van der Waals surface area contributed by atoms with Gasteiger partial charge in [0.25, 0.3) is 0 Å². The fraction of sp³-hybridized carbons (Fsp3) is 0.250. The summed E-state index contributed by atoms with van der Waals surface area (Å²) < 4.78 is 6.14. The summed E-state index contributed by atoms with van der Waals surface area (Å²) in [7, 11) is 0. The van der Waals surface area contributed by atoms with Gasteiger partial charge in [-0.1, -0.05) is 28.1 Å². The molecule has 1 heterocycles. The van der Waals surface area contributed by atoms with Crippen molar-refractivity contribution < 1.29 is 19.4 Å². The lowest BCUT2D eigenvalue weighted by atomic mass is 9.97. The highest BCUT2D eigenvalue weighted by Crippen LogP contribution is 2.38. The van der Waals surface area contributed by atoms with E-state index in [9.17, 15) is 14.7 Å². The van der Waals surface area contributed by atoms with Gasteiger partial charge in [0.1, 0.15) is 16.3 Å². The van der Waals surface area contributed by atoms with Crippen molar-refractivity contribution in [3.05, 3.63) is 51.0 Å². The third kappa shape index (κ3) is 4.36. The lowest BCUT2D eigenvalue weighted by Crippen LogP contribution is -2.12. The average molecular weight is 448 g/mol. The van der Waals surface area contributed by atoms with Crippen LogP contribution < -0.4 is 0 Å². The summed E-state index contributed by atoms with van der Waals surface area (Å²) in [5, 5.41) is 12.3. The number of thiophene rings is 1. The van der Waals surface area contributed by atoms with Crippen LogP contribution in [0.5, 0.6) is 0 Å².